The van der Waals surface area contributed by atoms with E-state index in [-0.39, 0.29) is 0 Å². The topological polar surface area (TPSA) is 25.8 Å². The summed E-state index contributed by atoms with van der Waals surface area (Å²) in [6.07, 6.45) is 3.22. The molecule has 0 aromatic carbocycles. The molecule has 0 aliphatic heterocycles. The van der Waals surface area contributed by atoms with Crippen LogP contribution in [0.2, 0.25) is 0 Å². The lowest BCUT2D eigenvalue weighted by Gasteiger charge is -1.87. The third kappa shape index (κ3) is 2.87. The Labute approximate surface area is 79.2 Å². The molecule has 0 fully saturated rings. The van der Waals surface area contributed by atoms with Gasteiger partial charge < -0.3 is 0 Å². The monoisotopic (exact) mass is 234 g/mol. The van der Waals surface area contributed by atoms with Crippen molar-refractivity contribution in [3.05, 3.63) is 10.0 Å². The van der Waals surface area contributed by atoms with Gasteiger partial charge in [-0.15, -0.1) is 21.5 Å². The van der Waals surface area contributed by atoms with Gasteiger partial charge in [0.05, 0.1) is 0 Å². The second kappa shape index (κ2) is 4.83. The zero-order chi connectivity index (χ0) is 8.10. The maximum absolute atomic E-state index is 4.07. The van der Waals surface area contributed by atoms with E-state index in [1.165, 1.54) is 5.01 Å². The van der Waals surface area contributed by atoms with Crippen LogP contribution in [0.25, 0.3) is 0 Å². The van der Waals surface area contributed by atoms with Gasteiger partial charge >= 0.3 is 0 Å². The molecule has 1 heterocycles. The van der Waals surface area contributed by atoms with E-state index in [1.54, 1.807) is 11.3 Å². The summed E-state index contributed by atoms with van der Waals surface area (Å²) in [5, 5.41) is 11.5. The first kappa shape index (κ1) is 9.13. The molecule has 62 valence electrons. The molecule has 0 spiro atoms. The maximum atomic E-state index is 4.07. The van der Waals surface area contributed by atoms with Crippen molar-refractivity contribution in [1.82, 2.24) is 10.2 Å². The van der Waals surface area contributed by atoms with Gasteiger partial charge in [-0.3, -0.25) is 0 Å². The van der Waals surface area contributed by atoms with E-state index in [1.807, 2.05) is 0 Å². The second-order valence-electron chi connectivity index (χ2n) is 2.24. The fourth-order valence-corrected chi connectivity index (χ4v) is 1.86. The Morgan fingerprint density at radius 2 is 2.09 bits per heavy atom. The van der Waals surface area contributed by atoms with E-state index >= 15 is 0 Å². The molecule has 4 heteroatoms. The number of halogens is 1. The normalized spacial score (nSPS) is 10.4. The average Bonchev–Trinajstić information content (AvgIpc) is 2.48. The van der Waals surface area contributed by atoms with Gasteiger partial charge in [0.1, 0.15) is 10.0 Å². The molecule has 1 aromatic heterocycles. The zero-order valence-corrected chi connectivity index (χ0v) is 8.91. The molecule has 0 N–H and O–H groups in total. The first-order valence-electron chi connectivity index (χ1n) is 3.74. The number of nitrogens with zero attached hydrogens (tertiary/aromatic N) is 2. The largest absolute Gasteiger partial charge is 0.144 e. The first-order valence-corrected chi connectivity index (χ1v) is 5.67. The van der Waals surface area contributed by atoms with E-state index in [4.69, 9.17) is 0 Å². The molecule has 2 nitrogen and oxygen atoms in total. The predicted molar refractivity (Wildman–Crippen MR) is 51.4 cm³/mol. The average molecular weight is 235 g/mol. The summed E-state index contributed by atoms with van der Waals surface area (Å²) in [5.41, 5.74) is 0. The van der Waals surface area contributed by atoms with E-state index in [0.717, 1.165) is 29.6 Å². The first-order chi connectivity index (χ1) is 5.36. The molecule has 1 aromatic rings. The van der Waals surface area contributed by atoms with Gasteiger partial charge in [-0.25, -0.2) is 0 Å². The van der Waals surface area contributed by atoms with Crippen LogP contribution in [0.5, 0.6) is 0 Å². The second-order valence-corrected chi connectivity index (χ2v) is 4.18. The van der Waals surface area contributed by atoms with Crippen LogP contribution in [0.15, 0.2) is 0 Å². The van der Waals surface area contributed by atoms with Gasteiger partial charge in [0.15, 0.2) is 0 Å². The fraction of sp³-hybridized carbons (Fsp3) is 0.714. The number of aromatic nitrogens is 2. The van der Waals surface area contributed by atoms with E-state index < -0.39 is 0 Å². The third-order valence-corrected chi connectivity index (χ3v) is 3.02. The summed E-state index contributed by atoms with van der Waals surface area (Å²) in [4.78, 5) is 0. The molecule has 0 saturated heterocycles. The summed E-state index contributed by atoms with van der Waals surface area (Å²) >= 11 is 5.12. The molecule has 1 rings (SSSR count). The fourth-order valence-electron chi connectivity index (χ4n) is 0.750. The Hall–Kier alpha value is 0.0400. The van der Waals surface area contributed by atoms with Crippen molar-refractivity contribution < 1.29 is 0 Å². The molecule has 0 aliphatic rings. The summed E-state index contributed by atoms with van der Waals surface area (Å²) < 4.78 is 0. The van der Waals surface area contributed by atoms with Crippen LogP contribution in [-0.4, -0.2) is 15.5 Å². The van der Waals surface area contributed by atoms with Crippen molar-refractivity contribution in [2.75, 3.05) is 5.33 Å². The summed E-state index contributed by atoms with van der Waals surface area (Å²) in [6, 6.07) is 0. The Balaban J connectivity index is 2.44. The molecule has 0 saturated carbocycles. The Kier molecular flexibility index (Phi) is 4.01. The zero-order valence-electron chi connectivity index (χ0n) is 6.51. The lowest BCUT2D eigenvalue weighted by Crippen LogP contribution is -1.83. The lowest BCUT2D eigenvalue weighted by molar-refractivity contribution is 0.877. The molecule has 0 radical (unpaired) electrons. The Morgan fingerprint density at radius 3 is 2.64 bits per heavy atom. The quantitative estimate of drug-likeness (QED) is 0.749. The van der Waals surface area contributed by atoms with Gasteiger partial charge in [-0.1, -0.05) is 22.9 Å². The highest BCUT2D eigenvalue weighted by molar-refractivity contribution is 9.09. The SMILES string of the molecule is CCc1nnc(CCCBr)s1. The summed E-state index contributed by atoms with van der Waals surface area (Å²) in [6.45, 7) is 2.11. The molecule has 0 amide bonds. The molecule has 0 atom stereocenters. The molecule has 0 bridgehead atoms. The summed E-state index contributed by atoms with van der Waals surface area (Å²) in [5.74, 6) is 0. The minimum Gasteiger partial charge on any atom is -0.144 e. The smallest absolute Gasteiger partial charge is 0.117 e. The lowest BCUT2D eigenvalue weighted by atomic mass is 10.4. The summed E-state index contributed by atoms with van der Waals surface area (Å²) in [7, 11) is 0. The molecular weight excluding hydrogens is 224 g/mol. The minimum absolute atomic E-state index is 1.01. The van der Waals surface area contributed by atoms with Crippen LogP contribution in [0.3, 0.4) is 0 Å². The molecule has 11 heavy (non-hydrogen) atoms. The van der Waals surface area contributed by atoms with Crippen LogP contribution in [0.4, 0.5) is 0 Å². The van der Waals surface area contributed by atoms with Crippen molar-refractivity contribution >= 4 is 27.3 Å². The van der Waals surface area contributed by atoms with Gasteiger partial charge in [0.25, 0.3) is 0 Å². The number of hydrogen-bond acceptors (Lipinski definition) is 3. The van der Waals surface area contributed by atoms with E-state index in [0.29, 0.717) is 0 Å². The van der Waals surface area contributed by atoms with Crippen molar-refractivity contribution in [3.63, 3.8) is 0 Å². The minimum atomic E-state index is 1.01. The number of aryl methyl sites for hydroxylation is 2. The van der Waals surface area contributed by atoms with Gasteiger partial charge in [0.2, 0.25) is 0 Å². The number of rotatable bonds is 4. The number of alkyl halides is 1. The van der Waals surface area contributed by atoms with Crippen LogP contribution in [-0.2, 0) is 12.8 Å². The van der Waals surface area contributed by atoms with Gasteiger partial charge in [-0.2, -0.15) is 0 Å². The standard InChI is InChI=1S/C7H11BrN2S/c1-2-6-9-10-7(11-6)4-3-5-8/h2-5H2,1H3. The van der Waals surface area contributed by atoms with Crippen LogP contribution in [0.1, 0.15) is 23.4 Å². The molecule has 0 unspecified atom stereocenters. The predicted octanol–water partition coefficient (Wildman–Crippen LogP) is 2.43. The Bertz CT molecular complexity index is 212. The number of hydrogen-bond donors (Lipinski definition) is 0. The highest BCUT2D eigenvalue weighted by Gasteiger charge is 2.00. The third-order valence-electron chi connectivity index (χ3n) is 1.34. The van der Waals surface area contributed by atoms with Crippen LogP contribution >= 0.6 is 27.3 Å². The van der Waals surface area contributed by atoms with Crippen molar-refractivity contribution in [1.29, 1.82) is 0 Å². The van der Waals surface area contributed by atoms with E-state index in [9.17, 15) is 0 Å². The van der Waals surface area contributed by atoms with Crippen molar-refractivity contribution in [2.24, 2.45) is 0 Å². The van der Waals surface area contributed by atoms with Crippen molar-refractivity contribution in [3.8, 4) is 0 Å². The van der Waals surface area contributed by atoms with Crippen LogP contribution in [0, 0.1) is 0 Å². The van der Waals surface area contributed by atoms with Gasteiger partial charge in [0, 0.05) is 11.8 Å². The molecule has 0 aliphatic carbocycles. The Morgan fingerprint density at radius 1 is 1.36 bits per heavy atom. The van der Waals surface area contributed by atoms with Gasteiger partial charge in [-0.05, 0) is 12.8 Å². The maximum Gasteiger partial charge on any atom is 0.117 e. The van der Waals surface area contributed by atoms with Crippen molar-refractivity contribution in [2.45, 2.75) is 26.2 Å². The highest BCUT2D eigenvalue weighted by Crippen LogP contribution is 2.12. The molecular formula is C7H11BrN2S. The van der Waals surface area contributed by atoms with E-state index in [2.05, 4.69) is 33.1 Å². The van der Waals surface area contributed by atoms with Crippen LogP contribution < -0.4 is 0 Å². The highest BCUT2D eigenvalue weighted by atomic mass is 79.9.